The van der Waals surface area contributed by atoms with Gasteiger partial charge in [-0.05, 0) is 37.7 Å². The summed E-state index contributed by atoms with van der Waals surface area (Å²) in [7, 11) is 1.59. The minimum Gasteiger partial charge on any atom is -0.481 e. The molecule has 4 nitrogen and oxygen atoms in total. The molecule has 110 valence electrons. The first-order valence-corrected chi connectivity index (χ1v) is 7.13. The number of hydrogen-bond donors (Lipinski definition) is 2. The van der Waals surface area contributed by atoms with Crippen LogP contribution in [0.1, 0.15) is 24.1 Å². The molecular weight excluding hydrogens is 282 g/mol. The van der Waals surface area contributed by atoms with Gasteiger partial charge in [-0.25, -0.2) is 4.98 Å². The van der Waals surface area contributed by atoms with E-state index in [1.54, 1.807) is 19.4 Å². The number of thiocarbonyl (C=S) groups is 1. The van der Waals surface area contributed by atoms with Crippen LogP contribution in [0.5, 0.6) is 5.88 Å². The van der Waals surface area contributed by atoms with Gasteiger partial charge in [0.15, 0.2) is 5.11 Å². The van der Waals surface area contributed by atoms with Crippen molar-refractivity contribution in [2.45, 2.75) is 19.9 Å². The van der Waals surface area contributed by atoms with Crippen LogP contribution in [0.25, 0.3) is 0 Å². The molecule has 0 radical (unpaired) electrons. The molecule has 1 aromatic heterocycles. The number of anilines is 1. The highest BCUT2D eigenvalue weighted by molar-refractivity contribution is 7.80. The largest absolute Gasteiger partial charge is 0.481 e. The average Bonchev–Trinajstić information content (AvgIpc) is 2.48. The summed E-state index contributed by atoms with van der Waals surface area (Å²) in [6.45, 7) is 4.15. The van der Waals surface area contributed by atoms with Gasteiger partial charge in [-0.1, -0.05) is 29.8 Å². The molecule has 5 heteroatoms. The Labute approximate surface area is 130 Å². The highest BCUT2D eigenvalue weighted by Crippen LogP contribution is 2.14. The Morgan fingerprint density at radius 2 is 1.90 bits per heavy atom. The van der Waals surface area contributed by atoms with Crippen molar-refractivity contribution in [3.8, 4) is 5.88 Å². The second kappa shape index (κ2) is 7.04. The molecule has 0 spiro atoms. The smallest absolute Gasteiger partial charge is 0.213 e. The van der Waals surface area contributed by atoms with Crippen molar-refractivity contribution in [2.24, 2.45) is 0 Å². The topological polar surface area (TPSA) is 46.2 Å². The Hall–Kier alpha value is -2.14. The van der Waals surface area contributed by atoms with E-state index < -0.39 is 0 Å². The Balaban J connectivity index is 1.92. The predicted molar refractivity (Wildman–Crippen MR) is 89.7 cm³/mol. The molecule has 2 rings (SSSR count). The molecule has 0 saturated heterocycles. The predicted octanol–water partition coefficient (Wildman–Crippen LogP) is 3.45. The second-order valence-corrected chi connectivity index (χ2v) is 5.23. The van der Waals surface area contributed by atoms with Gasteiger partial charge < -0.3 is 15.4 Å². The molecule has 0 amide bonds. The average molecular weight is 301 g/mol. The lowest BCUT2D eigenvalue weighted by molar-refractivity contribution is 0.398. The summed E-state index contributed by atoms with van der Waals surface area (Å²) in [6.07, 6.45) is 1.68. The Morgan fingerprint density at radius 1 is 1.19 bits per heavy atom. The quantitative estimate of drug-likeness (QED) is 0.847. The lowest BCUT2D eigenvalue weighted by atomic mass is 10.1. The Morgan fingerprint density at radius 3 is 2.48 bits per heavy atom. The van der Waals surface area contributed by atoms with Gasteiger partial charge in [0.1, 0.15) is 0 Å². The number of aromatic nitrogens is 1. The highest BCUT2D eigenvalue weighted by Gasteiger charge is 2.07. The fourth-order valence-electron chi connectivity index (χ4n) is 1.88. The summed E-state index contributed by atoms with van der Waals surface area (Å²) >= 11 is 5.32. The van der Waals surface area contributed by atoms with E-state index in [-0.39, 0.29) is 6.04 Å². The molecular formula is C16H19N3OS. The number of ether oxygens (including phenoxy) is 1. The number of nitrogens with zero attached hydrogens (tertiary/aromatic N) is 1. The maximum Gasteiger partial charge on any atom is 0.213 e. The van der Waals surface area contributed by atoms with Gasteiger partial charge in [-0.2, -0.15) is 0 Å². The number of hydrogen-bond acceptors (Lipinski definition) is 3. The van der Waals surface area contributed by atoms with Crippen LogP contribution in [0.2, 0.25) is 0 Å². The van der Waals surface area contributed by atoms with E-state index in [9.17, 15) is 0 Å². The van der Waals surface area contributed by atoms with Crippen LogP contribution >= 0.6 is 12.2 Å². The van der Waals surface area contributed by atoms with Gasteiger partial charge in [-0.3, -0.25) is 0 Å². The van der Waals surface area contributed by atoms with E-state index in [2.05, 4.69) is 53.7 Å². The Bertz CT molecular complexity index is 596. The fraction of sp³-hybridized carbons (Fsp3) is 0.250. The van der Waals surface area contributed by atoms with Crippen molar-refractivity contribution in [1.82, 2.24) is 10.3 Å². The summed E-state index contributed by atoms with van der Waals surface area (Å²) in [5.41, 5.74) is 3.26. The molecule has 2 N–H and O–H groups in total. The molecule has 0 aliphatic carbocycles. The number of benzene rings is 1. The van der Waals surface area contributed by atoms with Gasteiger partial charge in [0.2, 0.25) is 5.88 Å². The van der Waals surface area contributed by atoms with Crippen LogP contribution in [-0.2, 0) is 0 Å². The zero-order valence-corrected chi connectivity index (χ0v) is 13.2. The van der Waals surface area contributed by atoms with Gasteiger partial charge in [0, 0.05) is 6.07 Å². The van der Waals surface area contributed by atoms with Crippen LogP contribution < -0.4 is 15.4 Å². The van der Waals surface area contributed by atoms with E-state index in [1.165, 1.54) is 11.1 Å². The van der Waals surface area contributed by atoms with Crippen molar-refractivity contribution in [2.75, 3.05) is 12.4 Å². The molecule has 0 aliphatic heterocycles. The molecule has 1 aromatic carbocycles. The second-order valence-electron chi connectivity index (χ2n) is 4.82. The number of aryl methyl sites for hydroxylation is 1. The van der Waals surface area contributed by atoms with Crippen LogP contribution in [0.15, 0.2) is 42.6 Å². The highest BCUT2D eigenvalue weighted by atomic mass is 32.1. The van der Waals surface area contributed by atoms with Crippen molar-refractivity contribution in [3.05, 3.63) is 53.7 Å². The number of pyridine rings is 1. The number of nitrogens with one attached hydrogen (secondary N) is 2. The van der Waals surface area contributed by atoms with Gasteiger partial charge >= 0.3 is 0 Å². The summed E-state index contributed by atoms with van der Waals surface area (Å²) in [4.78, 5) is 4.13. The molecule has 2 aromatic rings. The number of methoxy groups -OCH3 is 1. The first-order chi connectivity index (χ1) is 10.1. The zero-order chi connectivity index (χ0) is 15.2. The first kappa shape index (κ1) is 15.3. The van der Waals surface area contributed by atoms with Crippen molar-refractivity contribution in [1.29, 1.82) is 0 Å². The molecule has 0 unspecified atom stereocenters. The van der Waals surface area contributed by atoms with Gasteiger partial charge in [0.05, 0.1) is 25.0 Å². The summed E-state index contributed by atoms with van der Waals surface area (Å²) in [5.74, 6) is 0.576. The minimum absolute atomic E-state index is 0.136. The van der Waals surface area contributed by atoms with E-state index in [1.807, 2.05) is 6.07 Å². The normalized spacial score (nSPS) is 11.6. The van der Waals surface area contributed by atoms with Crippen molar-refractivity contribution in [3.63, 3.8) is 0 Å². The molecule has 0 fully saturated rings. The molecule has 0 bridgehead atoms. The summed E-state index contributed by atoms with van der Waals surface area (Å²) < 4.78 is 5.02. The van der Waals surface area contributed by atoms with Crippen molar-refractivity contribution >= 4 is 23.0 Å². The van der Waals surface area contributed by atoms with Crippen LogP contribution in [0, 0.1) is 6.92 Å². The molecule has 0 aliphatic rings. The molecule has 1 heterocycles. The van der Waals surface area contributed by atoms with Crippen molar-refractivity contribution < 1.29 is 4.74 Å². The lowest BCUT2D eigenvalue weighted by Gasteiger charge is -2.17. The van der Waals surface area contributed by atoms with E-state index >= 15 is 0 Å². The van der Waals surface area contributed by atoms with Crippen LogP contribution in [0.4, 0.5) is 5.69 Å². The summed E-state index contributed by atoms with van der Waals surface area (Å²) in [5, 5.41) is 6.93. The van der Waals surface area contributed by atoms with E-state index in [0.717, 1.165) is 5.69 Å². The zero-order valence-electron chi connectivity index (χ0n) is 12.4. The number of rotatable bonds is 4. The lowest BCUT2D eigenvalue weighted by Crippen LogP contribution is -2.30. The third-order valence-electron chi connectivity index (χ3n) is 3.13. The van der Waals surface area contributed by atoms with Crippen LogP contribution in [-0.4, -0.2) is 17.2 Å². The molecule has 21 heavy (non-hydrogen) atoms. The summed E-state index contributed by atoms with van der Waals surface area (Å²) in [6, 6.07) is 12.2. The molecule has 1 atom stereocenters. The van der Waals surface area contributed by atoms with Crippen LogP contribution in [0.3, 0.4) is 0 Å². The standard InChI is InChI=1S/C16H19N3OS/c1-11-4-6-13(7-5-11)12(2)18-16(21)19-14-8-9-15(20-3)17-10-14/h4-10,12H,1-3H3,(H2,18,19,21)/t12-/m0/s1. The van der Waals surface area contributed by atoms with E-state index in [4.69, 9.17) is 17.0 Å². The fourth-order valence-corrected chi connectivity index (χ4v) is 2.17. The van der Waals surface area contributed by atoms with E-state index in [0.29, 0.717) is 11.0 Å². The van der Waals surface area contributed by atoms with Gasteiger partial charge in [-0.15, -0.1) is 0 Å². The third kappa shape index (κ3) is 4.43. The molecule has 0 saturated carbocycles. The first-order valence-electron chi connectivity index (χ1n) is 6.72. The SMILES string of the molecule is COc1ccc(NC(=S)N[C@@H](C)c2ccc(C)cc2)cn1. The maximum atomic E-state index is 5.32. The minimum atomic E-state index is 0.136. The Kier molecular flexibility index (Phi) is 5.11. The maximum absolute atomic E-state index is 5.32. The monoisotopic (exact) mass is 301 g/mol. The van der Waals surface area contributed by atoms with Gasteiger partial charge in [0.25, 0.3) is 0 Å². The third-order valence-corrected chi connectivity index (χ3v) is 3.35.